The molecule has 54 heavy (non-hydrogen) atoms. The number of alkyl halides is 3. The second-order valence-corrected chi connectivity index (χ2v) is 14.6. The molecule has 10 nitrogen and oxygen atoms in total. The number of anilines is 2. The number of rotatable bonds is 10. The number of imide groups is 1. The molecule has 0 aromatic heterocycles. The average molecular weight is 743 g/mol. The zero-order valence-electron chi connectivity index (χ0n) is 30.2. The summed E-state index contributed by atoms with van der Waals surface area (Å²) in [7, 11) is 0. The van der Waals surface area contributed by atoms with Crippen molar-refractivity contribution in [2.45, 2.75) is 69.6 Å². The number of nitrogens with one attached hydrogen (secondary N) is 1. The summed E-state index contributed by atoms with van der Waals surface area (Å²) in [5.41, 5.74) is 3.11. The van der Waals surface area contributed by atoms with Crippen molar-refractivity contribution in [2.24, 2.45) is 0 Å². The van der Waals surface area contributed by atoms with Crippen LogP contribution in [0.2, 0.25) is 0 Å². The number of piperidine rings is 1. The molecular formula is C41H45F3N6O4. The van der Waals surface area contributed by atoms with Gasteiger partial charge in [-0.05, 0) is 111 Å². The van der Waals surface area contributed by atoms with Gasteiger partial charge in [0.1, 0.15) is 11.8 Å². The lowest BCUT2D eigenvalue weighted by molar-refractivity contribution is -0.138. The van der Waals surface area contributed by atoms with Gasteiger partial charge in [-0.3, -0.25) is 24.6 Å². The summed E-state index contributed by atoms with van der Waals surface area (Å²) in [6.07, 6.45) is 0.634. The molecule has 4 aliphatic heterocycles. The van der Waals surface area contributed by atoms with Crippen LogP contribution in [0.3, 0.4) is 0 Å². The molecule has 3 amide bonds. The van der Waals surface area contributed by atoms with Crippen molar-refractivity contribution >= 4 is 29.1 Å². The van der Waals surface area contributed by atoms with E-state index in [1.165, 1.54) is 11.6 Å². The first-order chi connectivity index (χ1) is 26.1. The number of hydrogen-bond donors (Lipinski definition) is 1. The molecule has 7 rings (SSSR count). The van der Waals surface area contributed by atoms with Gasteiger partial charge in [-0.2, -0.15) is 18.4 Å². The SMILES string of the molecule is N#Cc1ccc(N2CCCC(c3ccc(OCCCCN4CCN(c5ccc6c(c5)CN(C5CCC(=O)NC5=O)C6=O)CC4)cc3)CC2)cc1C(F)(F)F. The van der Waals surface area contributed by atoms with Gasteiger partial charge in [0.2, 0.25) is 11.8 Å². The molecule has 0 spiro atoms. The lowest BCUT2D eigenvalue weighted by Crippen LogP contribution is -2.52. The molecule has 1 N–H and O–H groups in total. The van der Waals surface area contributed by atoms with Crippen molar-refractivity contribution in [3.8, 4) is 11.8 Å². The minimum atomic E-state index is -4.57. The Bertz CT molecular complexity index is 1900. The Hall–Kier alpha value is -5.09. The summed E-state index contributed by atoms with van der Waals surface area (Å²) in [4.78, 5) is 45.4. The third kappa shape index (κ3) is 8.34. The smallest absolute Gasteiger partial charge is 0.417 e. The van der Waals surface area contributed by atoms with E-state index in [1.807, 2.05) is 29.2 Å². The molecule has 0 saturated carbocycles. The molecule has 0 bridgehead atoms. The highest BCUT2D eigenvalue weighted by Gasteiger charge is 2.39. The number of piperazine rings is 1. The molecule has 3 fully saturated rings. The van der Waals surface area contributed by atoms with Crippen LogP contribution >= 0.6 is 0 Å². The van der Waals surface area contributed by atoms with Gasteiger partial charge in [-0.1, -0.05) is 12.1 Å². The van der Waals surface area contributed by atoms with Crippen LogP contribution in [0.15, 0.2) is 60.7 Å². The van der Waals surface area contributed by atoms with Crippen LogP contribution in [0.1, 0.15) is 83.5 Å². The fraction of sp³-hybridized carbons (Fsp3) is 0.463. The lowest BCUT2D eigenvalue weighted by Gasteiger charge is -2.36. The minimum Gasteiger partial charge on any atom is -0.494 e. The number of ether oxygens (including phenoxy) is 1. The first kappa shape index (κ1) is 37.2. The Balaban J connectivity index is 0.810. The summed E-state index contributed by atoms with van der Waals surface area (Å²) in [6.45, 7) is 6.98. The topological polar surface area (TPSA) is 109 Å². The van der Waals surface area contributed by atoms with Crippen LogP contribution in [0, 0.1) is 11.3 Å². The van der Waals surface area contributed by atoms with Gasteiger partial charge in [0.05, 0.1) is 23.8 Å². The number of unbranched alkanes of at least 4 members (excludes halogenated alkanes) is 1. The fourth-order valence-corrected chi connectivity index (χ4v) is 8.20. The first-order valence-corrected chi connectivity index (χ1v) is 18.9. The highest BCUT2D eigenvalue weighted by atomic mass is 19.4. The maximum atomic E-state index is 13.5. The van der Waals surface area contributed by atoms with E-state index in [2.05, 4.69) is 33.3 Å². The first-order valence-electron chi connectivity index (χ1n) is 18.9. The van der Waals surface area contributed by atoms with E-state index in [-0.39, 0.29) is 23.8 Å². The Kier molecular flexibility index (Phi) is 11.1. The van der Waals surface area contributed by atoms with Crippen LogP contribution in [0.5, 0.6) is 5.75 Å². The highest BCUT2D eigenvalue weighted by Crippen LogP contribution is 2.37. The Morgan fingerprint density at radius 3 is 2.31 bits per heavy atom. The van der Waals surface area contributed by atoms with Crippen molar-refractivity contribution in [1.29, 1.82) is 5.26 Å². The van der Waals surface area contributed by atoms with Crippen LogP contribution in [0.25, 0.3) is 0 Å². The Labute approximate surface area is 313 Å². The van der Waals surface area contributed by atoms with E-state index in [0.717, 1.165) is 87.9 Å². The number of nitrogens with zero attached hydrogens (tertiary/aromatic N) is 5. The molecular weight excluding hydrogens is 697 g/mol. The number of carbonyl (C=O) groups excluding carboxylic acids is 3. The van der Waals surface area contributed by atoms with Crippen molar-refractivity contribution < 1.29 is 32.3 Å². The maximum Gasteiger partial charge on any atom is 0.417 e. The molecule has 3 aromatic carbocycles. The molecule has 4 aliphatic rings. The second kappa shape index (κ2) is 16.1. The predicted molar refractivity (Wildman–Crippen MR) is 197 cm³/mol. The minimum absolute atomic E-state index is 0.154. The average Bonchev–Trinajstić information content (AvgIpc) is 3.31. The quantitative estimate of drug-likeness (QED) is 0.197. The highest BCUT2D eigenvalue weighted by molar-refractivity contribution is 6.05. The summed E-state index contributed by atoms with van der Waals surface area (Å²) in [6, 6.07) is 19.2. The van der Waals surface area contributed by atoms with E-state index in [1.54, 1.807) is 17.0 Å². The Morgan fingerprint density at radius 1 is 0.833 bits per heavy atom. The number of nitriles is 1. The van der Waals surface area contributed by atoms with Crippen LogP contribution in [-0.2, 0) is 22.3 Å². The zero-order valence-corrected chi connectivity index (χ0v) is 30.2. The van der Waals surface area contributed by atoms with Crippen LogP contribution < -0.4 is 19.9 Å². The molecule has 284 valence electrons. The maximum absolute atomic E-state index is 13.5. The molecule has 4 heterocycles. The number of benzene rings is 3. The van der Waals surface area contributed by atoms with Gasteiger partial charge < -0.3 is 19.4 Å². The summed E-state index contributed by atoms with van der Waals surface area (Å²) >= 11 is 0. The number of carbonyl (C=O) groups is 3. The van der Waals surface area contributed by atoms with E-state index in [9.17, 15) is 27.6 Å². The van der Waals surface area contributed by atoms with Gasteiger partial charge in [0.15, 0.2) is 0 Å². The lowest BCUT2D eigenvalue weighted by atomic mass is 9.92. The molecule has 0 aliphatic carbocycles. The van der Waals surface area contributed by atoms with Crippen molar-refractivity contribution in [3.63, 3.8) is 0 Å². The molecule has 13 heteroatoms. The van der Waals surface area contributed by atoms with Crippen molar-refractivity contribution in [2.75, 3.05) is 62.2 Å². The van der Waals surface area contributed by atoms with Gasteiger partial charge in [0, 0.05) is 69.2 Å². The van der Waals surface area contributed by atoms with E-state index >= 15 is 0 Å². The van der Waals surface area contributed by atoms with Crippen LogP contribution in [0.4, 0.5) is 24.5 Å². The third-order valence-electron chi connectivity index (χ3n) is 11.3. The van der Waals surface area contributed by atoms with Crippen LogP contribution in [-0.4, -0.2) is 86.0 Å². The van der Waals surface area contributed by atoms with Crippen molar-refractivity contribution in [1.82, 2.24) is 15.1 Å². The summed E-state index contributed by atoms with van der Waals surface area (Å²) in [5, 5.41) is 11.5. The number of fused-ring (bicyclic) bond motifs is 1. The number of hydrogen-bond acceptors (Lipinski definition) is 8. The Morgan fingerprint density at radius 2 is 1.57 bits per heavy atom. The van der Waals surface area contributed by atoms with Gasteiger partial charge in [-0.25, -0.2) is 0 Å². The molecule has 3 aromatic rings. The second-order valence-electron chi connectivity index (χ2n) is 14.6. The standard InChI is InChI=1S/C41H45F3N6O4/c42-41(43,44)36-25-33(8-5-30(36)26-45)48-17-3-4-28(15-18-48)29-6-10-34(11-7-29)54-23-2-1-16-47-19-21-49(22-20-47)32-9-12-35-31(24-32)27-50(40(35)53)37-13-14-38(51)46-39(37)52/h5-12,24-25,28,37H,1-4,13-23,27H2,(H,46,51,52). The van der Waals surface area contributed by atoms with Crippen molar-refractivity contribution in [3.05, 3.63) is 88.5 Å². The van der Waals surface area contributed by atoms with Gasteiger partial charge in [0.25, 0.3) is 5.91 Å². The monoisotopic (exact) mass is 742 g/mol. The number of amides is 3. The van der Waals surface area contributed by atoms with E-state index < -0.39 is 23.7 Å². The predicted octanol–water partition coefficient (Wildman–Crippen LogP) is 6.09. The van der Waals surface area contributed by atoms with E-state index in [0.29, 0.717) is 49.8 Å². The largest absolute Gasteiger partial charge is 0.494 e. The molecule has 2 atom stereocenters. The normalized spacial score (nSPS) is 21.1. The number of halogens is 3. The van der Waals surface area contributed by atoms with Gasteiger partial charge in [-0.15, -0.1) is 0 Å². The summed E-state index contributed by atoms with van der Waals surface area (Å²) in [5.74, 6) is 0.302. The third-order valence-corrected chi connectivity index (χ3v) is 11.3. The molecule has 2 unspecified atom stereocenters. The zero-order chi connectivity index (χ0) is 37.8. The van der Waals surface area contributed by atoms with E-state index in [4.69, 9.17) is 10.00 Å². The fourth-order valence-electron chi connectivity index (χ4n) is 8.20. The summed E-state index contributed by atoms with van der Waals surface area (Å²) < 4.78 is 46.6. The molecule has 0 radical (unpaired) electrons. The molecule has 3 saturated heterocycles. The van der Waals surface area contributed by atoms with Gasteiger partial charge >= 0.3 is 6.18 Å².